The Hall–Kier alpha value is -1.15. The standard InChI is InChI=1S/C7H11N2O2P/c1-3-6(10)8-5-9(12)7(11)4-2/h3-4H,1-2,5,12H2,(H,8,10). The van der Waals surface area contributed by atoms with Crippen molar-refractivity contribution >= 4 is 21.2 Å². The van der Waals surface area contributed by atoms with Crippen molar-refractivity contribution in [1.82, 2.24) is 9.99 Å². The third-order valence-electron chi connectivity index (χ3n) is 1.07. The van der Waals surface area contributed by atoms with E-state index in [2.05, 4.69) is 27.9 Å². The SMILES string of the molecule is C=CC(=O)NCN(P)C(=O)C=C. The summed E-state index contributed by atoms with van der Waals surface area (Å²) in [5.74, 6) is -0.594. The number of nitrogens with one attached hydrogen (secondary N) is 1. The summed E-state index contributed by atoms with van der Waals surface area (Å²) in [5, 5.41) is 2.43. The number of hydrogen-bond acceptors (Lipinski definition) is 2. The van der Waals surface area contributed by atoms with E-state index in [0.29, 0.717) is 0 Å². The van der Waals surface area contributed by atoms with Gasteiger partial charge in [0.1, 0.15) is 0 Å². The van der Waals surface area contributed by atoms with E-state index in [0.717, 1.165) is 12.2 Å². The van der Waals surface area contributed by atoms with Gasteiger partial charge in [-0.15, -0.1) is 0 Å². The molecule has 0 bridgehead atoms. The van der Waals surface area contributed by atoms with Crippen molar-refractivity contribution in [3.8, 4) is 0 Å². The number of nitrogens with zero attached hydrogens (tertiary/aromatic N) is 1. The van der Waals surface area contributed by atoms with Gasteiger partial charge in [0.2, 0.25) is 11.8 Å². The van der Waals surface area contributed by atoms with Gasteiger partial charge >= 0.3 is 0 Å². The van der Waals surface area contributed by atoms with Crippen LogP contribution in [-0.2, 0) is 9.59 Å². The van der Waals surface area contributed by atoms with Gasteiger partial charge in [-0.3, -0.25) is 9.59 Å². The van der Waals surface area contributed by atoms with Crippen molar-refractivity contribution in [3.63, 3.8) is 0 Å². The van der Waals surface area contributed by atoms with Crippen molar-refractivity contribution in [2.45, 2.75) is 0 Å². The third kappa shape index (κ3) is 3.88. The maximum atomic E-state index is 10.8. The quantitative estimate of drug-likeness (QED) is 0.383. The van der Waals surface area contributed by atoms with Crippen LogP contribution < -0.4 is 5.32 Å². The van der Waals surface area contributed by atoms with Crippen molar-refractivity contribution in [2.24, 2.45) is 0 Å². The average molecular weight is 186 g/mol. The molecule has 1 unspecified atom stereocenters. The Morgan fingerprint density at radius 3 is 2.42 bits per heavy atom. The fraction of sp³-hybridized carbons (Fsp3) is 0.143. The highest BCUT2D eigenvalue weighted by Gasteiger charge is 2.03. The summed E-state index contributed by atoms with van der Waals surface area (Å²) in [6.07, 6.45) is 2.30. The zero-order valence-corrected chi connectivity index (χ0v) is 7.77. The topological polar surface area (TPSA) is 49.4 Å². The lowest BCUT2D eigenvalue weighted by Crippen LogP contribution is -2.33. The lowest BCUT2D eigenvalue weighted by Gasteiger charge is -2.14. The molecule has 0 aromatic rings. The summed E-state index contributed by atoms with van der Waals surface area (Å²) in [6.45, 7) is 6.68. The molecule has 0 aliphatic rings. The molecule has 0 aliphatic carbocycles. The van der Waals surface area contributed by atoms with Crippen LogP contribution >= 0.6 is 9.39 Å². The molecule has 12 heavy (non-hydrogen) atoms. The molecule has 1 N–H and O–H groups in total. The summed E-state index contributed by atoms with van der Waals surface area (Å²) in [6, 6.07) is 0. The fourth-order valence-electron chi connectivity index (χ4n) is 0.430. The van der Waals surface area contributed by atoms with Crippen LogP contribution in [0.3, 0.4) is 0 Å². The summed E-state index contributed by atoms with van der Waals surface area (Å²) in [4.78, 5) is 21.4. The predicted octanol–water partition coefficient (Wildman–Crippen LogP) is 0.0508. The van der Waals surface area contributed by atoms with Gasteiger partial charge in [0, 0.05) is 0 Å². The fourth-order valence-corrected chi connectivity index (χ4v) is 0.627. The molecule has 0 radical (unpaired) electrons. The Kier molecular flexibility index (Phi) is 4.97. The first-order chi connectivity index (χ1) is 5.61. The first-order valence-electron chi connectivity index (χ1n) is 3.20. The smallest absolute Gasteiger partial charge is 0.250 e. The van der Waals surface area contributed by atoms with E-state index in [4.69, 9.17) is 0 Å². The second-order valence-corrected chi connectivity index (χ2v) is 2.54. The van der Waals surface area contributed by atoms with Gasteiger partial charge in [-0.05, 0) is 21.5 Å². The van der Waals surface area contributed by atoms with E-state index in [9.17, 15) is 9.59 Å². The van der Waals surface area contributed by atoms with Crippen molar-refractivity contribution in [3.05, 3.63) is 25.3 Å². The zero-order valence-electron chi connectivity index (χ0n) is 6.62. The third-order valence-corrected chi connectivity index (χ3v) is 1.50. The molecule has 0 rings (SSSR count). The van der Waals surface area contributed by atoms with Gasteiger partial charge in [0.05, 0.1) is 6.67 Å². The van der Waals surface area contributed by atoms with Crippen LogP contribution in [-0.4, -0.2) is 23.2 Å². The molecule has 0 spiro atoms. The molecule has 0 aliphatic heterocycles. The van der Waals surface area contributed by atoms with Crippen LogP contribution in [0.4, 0.5) is 0 Å². The molecule has 2 amide bonds. The molecule has 0 aromatic carbocycles. The minimum Gasteiger partial charge on any atom is -0.335 e. The van der Waals surface area contributed by atoms with E-state index < -0.39 is 0 Å². The van der Waals surface area contributed by atoms with Crippen molar-refractivity contribution < 1.29 is 9.59 Å². The Morgan fingerprint density at radius 1 is 1.42 bits per heavy atom. The highest BCUT2D eigenvalue weighted by molar-refractivity contribution is 7.14. The number of rotatable bonds is 4. The first-order valence-corrected chi connectivity index (χ1v) is 3.72. The summed E-state index contributed by atoms with van der Waals surface area (Å²) in [5.41, 5.74) is 0. The van der Waals surface area contributed by atoms with E-state index >= 15 is 0 Å². The van der Waals surface area contributed by atoms with Gasteiger partial charge in [0.25, 0.3) is 0 Å². The lowest BCUT2D eigenvalue weighted by atomic mass is 10.5. The molecule has 0 aromatic heterocycles. The van der Waals surface area contributed by atoms with Crippen molar-refractivity contribution in [1.29, 1.82) is 0 Å². The van der Waals surface area contributed by atoms with Crippen molar-refractivity contribution in [2.75, 3.05) is 6.67 Å². The highest BCUT2D eigenvalue weighted by Crippen LogP contribution is 1.96. The van der Waals surface area contributed by atoms with Crippen LogP contribution in [0.15, 0.2) is 25.3 Å². The maximum absolute atomic E-state index is 10.8. The maximum Gasteiger partial charge on any atom is 0.250 e. The molecule has 0 heterocycles. The average Bonchev–Trinajstić information content (AvgIpc) is 2.11. The molecule has 66 valence electrons. The van der Waals surface area contributed by atoms with Crippen LogP contribution in [0.25, 0.3) is 0 Å². The molecular weight excluding hydrogens is 175 g/mol. The summed E-state index contributed by atoms with van der Waals surface area (Å²) < 4.78 is 1.24. The Bertz CT molecular complexity index is 215. The first kappa shape index (κ1) is 10.8. The summed E-state index contributed by atoms with van der Waals surface area (Å²) >= 11 is 0. The Balaban J connectivity index is 3.78. The molecule has 0 saturated heterocycles. The summed E-state index contributed by atoms with van der Waals surface area (Å²) in [7, 11) is 2.17. The molecule has 4 nitrogen and oxygen atoms in total. The van der Waals surface area contributed by atoms with Crippen LogP contribution in [0.1, 0.15) is 0 Å². The molecular formula is C7H11N2O2P. The normalized spacial score (nSPS) is 8.42. The largest absolute Gasteiger partial charge is 0.335 e. The van der Waals surface area contributed by atoms with E-state index in [1.807, 2.05) is 0 Å². The Labute approximate surface area is 73.6 Å². The second kappa shape index (κ2) is 5.49. The van der Waals surface area contributed by atoms with Crippen LogP contribution in [0.2, 0.25) is 0 Å². The number of carbonyl (C=O) groups is 2. The van der Waals surface area contributed by atoms with Crippen LogP contribution in [0, 0.1) is 0 Å². The van der Waals surface area contributed by atoms with E-state index in [1.54, 1.807) is 0 Å². The van der Waals surface area contributed by atoms with Gasteiger partial charge in [-0.25, -0.2) is 0 Å². The van der Waals surface area contributed by atoms with Crippen LogP contribution in [0.5, 0.6) is 0 Å². The molecule has 5 heteroatoms. The minimum atomic E-state index is -0.320. The zero-order chi connectivity index (χ0) is 9.56. The monoisotopic (exact) mass is 186 g/mol. The van der Waals surface area contributed by atoms with E-state index in [-0.39, 0.29) is 18.5 Å². The minimum absolute atomic E-state index is 0.125. The van der Waals surface area contributed by atoms with Gasteiger partial charge in [-0.2, -0.15) is 0 Å². The van der Waals surface area contributed by atoms with E-state index in [1.165, 1.54) is 4.67 Å². The number of amides is 2. The predicted molar refractivity (Wildman–Crippen MR) is 50.0 cm³/mol. The second-order valence-electron chi connectivity index (χ2n) is 1.92. The molecule has 1 atom stereocenters. The van der Waals surface area contributed by atoms with Gasteiger partial charge < -0.3 is 9.99 Å². The molecule has 0 fully saturated rings. The lowest BCUT2D eigenvalue weighted by molar-refractivity contribution is -0.122. The Morgan fingerprint density at radius 2 is 2.00 bits per heavy atom. The highest BCUT2D eigenvalue weighted by atomic mass is 31.0. The van der Waals surface area contributed by atoms with Gasteiger partial charge in [0.15, 0.2) is 0 Å². The molecule has 0 saturated carbocycles. The number of hydrogen-bond donors (Lipinski definition) is 1. The van der Waals surface area contributed by atoms with Gasteiger partial charge in [-0.1, -0.05) is 13.2 Å². The number of carbonyl (C=O) groups excluding carboxylic acids is 2.